The molecule has 1 aromatic heterocycles. The maximum atomic E-state index is 12.0. The predicted molar refractivity (Wildman–Crippen MR) is 69.5 cm³/mol. The van der Waals surface area contributed by atoms with E-state index in [1.165, 1.54) is 0 Å². The molecule has 2 atom stereocenters. The van der Waals surface area contributed by atoms with E-state index in [9.17, 15) is 4.79 Å². The molecule has 1 heterocycles. The summed E-state index contributed by atoms with van der Waals surface area (Å²) in [5.41, 5.74) is 1.84. The van der Waals surface area contributed by atoms with Crippen molar-refractivity contribution in [3.8, 4) is 0 Å². The van der Waals surface area contributed by atoms with Gasteiger partial charge in [0.15, 0.2) is 0 Å². The Bertz CT molecular complexity index is 567. The lowest BCUT2D eigenvalue weighted by molar-refractivity contribution is -0.117. The summed E-state index contributed by atoms with van der Waals surface area (Å²) in [5, 5.41) is 10.00. The van der Waals surface area contributed by atoms with Crippen LogP contribution in [0, 0.1) is 5.92 Å². The largest absolute Gasteiger partial charge is 0.323 e. The Labute approximate surface area is 109 Å². The van der Waals surface area contributed by atoms with E-state index >= 15 is 0 Å². The van der Waals surface area contributed by atoms with Gasteiger partial charge in [-0.05, 0) is 30.0 Å². The highest BCUT2D eigenvalue weighted by atomic mass is 35.5. The SMILES string of the molecule is O=C(Nc1cn[nH]c1)C1CC1c1cccc(Cl)c1. The van der Waals surface area contributed by atoms with Crippen molar-refractivity contribution in [2.24, 2.45) is 5.92 Å². The molecular weight excluding hydrogens is 250 g/mol. The predicted octanol–water partition coefficient (Wildman–Crippen LogP) is 2.81. The fourth-order valence-corrected chi connectivity index (χ4v) is 2.34. The molecule has 0 radical (unpaired) electrons. The summed E-state index contributed by atoms with van der Waals surface area (Å²) in [7, 11) is 0. The van der Waals surface area contributed by atoms with Gasteiger partial charge in [-0.1, -0.05) is 23.7 Å². The van der Waals surface area contributed by atoms with Crippen molar-refractivity contribution in [1.82, 2.24) is 10.2 Å². The lowest BCUT2D eigenvalue weighted by atomic mass is 10.1. The summed E-state index contributed by atoms with van der Waals surface area (Å²) in [5.74, 6) is 0.371. The average Bonchev–Trinajstić information content (AvgIpc) is 3.01. The number of hydrogen-bond acceptors (Lipinski definition) is 2. The number of nitrogens with one attached hydrogen (secondary N) is 2. The first kappa shape index (κ1) is 11.3. The Morgan fingerprint density at radius 2 is 2.39 bits per heavy atom. The van der Waals surface area contributed by atoms with Crippen LogP contribution in [-0.4, -0.2) is 16.1 Å². The summed E-state index contributed by atoms with van der Waals surface area (Å²) < 4.78 is 0. The van der Waals surface area contributed by atoms with Crippen LogP contribution in [0.1, 0.15) is 17.9 Å². The third-order valence-corrected chi connectivity index (χ3v) is 3.40. The number of nitrogens with zero attached hydrogens (tertiary/aromatic N) is 1. The molecule has 18 heavy (non-hydrogen) atoms. The second-order valence-corrected chi connectivity index (χ2v) is 4.92. The molecule has 0 spiro atoms. The van der Waals surface area contributed by atoms with E-state index in [-0.39, 0.29) is 17.7 Å². The van der Waals surface area contributed by atoms with Gasteiger partial charge in [0.2, 0.25) is 5.91 Å². The molecule has 4 nitrogen and oxygen atoms in total. The Kier molecular flexibility index (Phi) is 2.80. The summed E-state index contributed by atoms with van der Waals surface area (Å²) in [6, 6.07) is 7.70. The van der Waals surface area contributed by atoms with Gasteiger partial charge >= 0.3 is 0 Å². The van der Waals surface area contributed by atoms with Crippen LogP contribution in [0.5, 0.6) is 0 Å². The van der Waals surface area contributed by atoms with E-state index in [0.29, 0.717) is 10.7 Å². The highest BCUT2D eigenvalue weighted by Crippen LogP contribution is 2.48. The minimum Gasteiger partial charge on any atom is -0.323 e. The van der Waals surface area contributed by atoms with Crippen LogP contribution >= 0.6 is 11.6 Å². The monoisotopic (exact) mass is 261 g/mol. The summed E-state index contributed by atoms with van der Waals surface area (Å²) in [6.07, 6.45) is 4.13. The molecule has 3 rings (SSSR count). The van der Waals surface area contributed by atoms with E-state index in [1.54, 1.807) is 12.4 Å². The molecule has 92 valence electrons. The van der Waals surface area contributed by atoms with Crippen molar-refractivity contribution in [3.05, 3.63) is 47.2 Å². The first-order valence-corrected chi connectivity index (χ1v) is 6.17. The number of benzene rings is 1. The van der Waals surface area contributed by atoms with Crippen molar-refractivity contribution in [2.45, 2.75) is 12.3 Å². The van der Waals surface area contributed by atoms with Crippen LogP contribution < -0.4 is 5.32 Å². The van der Waals surface area contributed by atoms with E-state index in [0.717, 1.165) is 12.0 Å². The summed E-state index contributed by atoms with van der Waals surface area (Å²) in [6.45, 7) is 0. The standard InChI is InChI=1S/C13H12ClN3O/c14-9-3-1-2-8(4-9)11-5-12(11)13(18)17-10-6-15-16-7-10/h1-4,6-7,11-12H,5H2,(H,15,16)(H,17,18). The zero-order chi connectivity index (χ0) is 12.5. The molecule has 2 N–H and O–H groups in total. The molecule has 5 heteroatoms. The van der Waals surface area contributed by atoms with Crippen LogP contribution in [0.3, 0.4) is 0 Å². The van der Waals surface area contributed by atoms with E-state index < -0.39 is 0 Å². The maximum Gasteiger partial charge on any atom is 0.228 e. The molecule has 1 aliphatic carbocycles. The zero-order valence-electron chi connectivity index (χ0n) is 9.56. The molecule has 0 aliphatic heterocycles. The topological polar surface area (TPSA) is 57.8 Å². The normalized spacial score (nSPS) is 21.6. The summed E-state index contributed by atoms with van der Waals surface area (Å²) in [4.78, 5) is 12.0. The molecule has 2 aromatic rings. The van der Waals surface area contributed by atoms with Gasteiger partial charge < -0.3 is 5.32 Å². The van der Waals surface area contributed by atoms with Crippen molar-refractivity contribution >= 4 is 23.2 Å². The minimum atomic E-state index is 0.0402. The lowest BCUT2D eigenvalue weighted by Crippen LogP contribution is -2.14. The van der Waals surface area contributed by atoms with Crippen LogP contribution in [-0.2, 0) is 4.79 Å². The number of H-pyrrole nitrogens is 1. The Morgan fingerprint density at radius 3 is 3.11 bits per heavy atom. The van der Waals surface area contributed by atoms with Gasteiger partial charge in [-0.15, -0.1) is 0 Å². The highest BCUT2D eigenvalue weighted by molar-refractivity contribution is 6.30. The number of hydrogen-bond donors (Lipinski definition) is 2. The molecule has 1 amide bonds. The lowest BCUT2D eigenvalue weighted by Gasteiger charge is -2.02. The van der Waals surface area contributed by atoms with Crippen LogP contribution in [0.15, 0.2) is 36.7 Å². The molecule has 1 aromatic carbocycles. The van der Waals surface area contributed by atoms with Gasteiger partial charge in [-0.2, -0.15) is 5.10 Å². The second kappa shape index (κ2) is 4.46. The van der Waals surface area contributed by atoms with Crippen molar-refractivity contribution in [1.29, 1.82) is 0 Å². The number of carbonyl (C=O) groups excluding carboxylic acids is 1. The van der Waals surface area contributed by atoms with Crippen LogP contribution in [0.25, 0.3) is 0 Å². The van der Waals surface area contributed by atoms with Gasteiger partial charge in [-0.3, -0.25) is 9.89 Å². The fourth-order valence-electron chi connectivity index (χ4n) is 2.14. The quantitative estimate of drug-likeness (QED) is 0.893. The highest BCUT2D eigenvalue weighted by Gasteiger charge is 2.43. The summed E-state index contributed by atoms with van der Waals surface area (Å²) >= 11 is 5.95. The van der Waals surface area contributed by atoms with E-state index in [2.05, 4.69) is 15.5 Å². The first-order chi connectivity index (χ1) is 8.74. The van der Waals surface area contributed by atoms with E-state index in [4.69, 9.17) is 11.6 Å². The van der Waals surface area contributed by atoms with Crippen LogP contribution in [0.2, 0.25) is 5.02 Å². The molecule has 1 fully saturated rings. The van der Waals surface area contributed by atoms with E-state index in [1.807, 2.05) is 24.3 Å². The molecule has 2 unspecified atom stereocenters. The number of carbonyl (C=O) groups is 1. The maximum absolute atomic E-state index is 12.0. The minimum absolute atomic E-state index is 0.0402. The number of aromatic amines is 1. The van der Waals surface area contributed by atoms with Gasteiger partial charge in [0.25, 0.3) is 0 Å². The third-order valence-electron chi connectivity index (χ3n) is 3.17. The molecule has 0 saturated heterocycles. The smallest absolute Gasteiger partial charge is 0.228 e. The number of halogens is 1. The van der Waals surface area contributed by atoms with Crippen LogP contribution in [0.4, 0.5) is 5.69 Å². The Morgan fingerprint density at radius 1 is 1.50 bits per heavy atom. The van der Waals surface area contributed by atoms with Gasteiger partial charge in [0.1, 0.15) is 0 Å². The molecule has 0 bridgehead atoms. The Balaban J connectivity index is 1.65. The Hall–Kier alpha value is -1.81. The van der Waals surface area contributed by atoms with Crippen molar-refractivity contribution in [3.63, 3.8) is 0 Å². The van der Waals surface area contributed by atoms with Gasteiger partial charge in [-0.25, -0.2) is 0 Å². The zero-order valence-corrected chi connectivity index (χ0v) is 10.3. The average molecular weight is 262 g/mol. The fraction of sp³-hybridized carbons (Fsp3) is 0.231. The van der Waals surface area contributed by atoms with Crippen molar-refractivity contribution < 1.29 is 4.79 Å². The first-order valence-electron chi connectivity index (χ1n) is 5.79. The number of anilines is 1. The van der Waals surface area contributed by atoms with Crippen molar-refractivity contribution in [2.75, 3.05) is 5.32 Å². The number of amides is 1. The third kappa shape index (κ3) is 2.24. The van der Waals surface area contributed by atoms with Gasteiger partial charge in [0, 0.05) is 17.1 Å². The second-order valence-electron chi connectivity index (χ2n) is 4.48. The molecule has 1 saturated carbocycles. The number of rotatable bonds is 3. The number of aromatic nitrogens is 2. The molecule has 1 aliphatic rings. The van der Waals surface area contributed by atoms with Gasteiger partial charge in [0.05, 0.1) is 11.9 Å². The molecular formula is C13H12ClN3O.